The number of amides is 1. The van der Waals surface area contributed by atoms with Crippen molar-refractivity contribution in [3.05, 3.63) is 29.3 Å². The highest BCUT2D eigenvalue weighted by Crippen LogP contribution is 2.21. The normalized spacial score (nSPS) is 10.3. The molecular weight excluding hydrogens is 238 g/mol. The molecule has 0 aliphatic rings. The number of aryl methyl sites for hydroxylation is 2. The maximum Gasteiger partial charge on any atom is 0.257 e. The first kappa shape index (κ1) is 15.5. The molecule has 0 radical (unpaired) electrons. The molecule has 0 saturated carbocycles. The van der Waals surface area contributed by atoms with Gasteiger partial charge in [0.15, 0.2) is 6.61 Å². The summed E-state index contributed by atoms with van der Waals surface area (Å²) in [6.07, 6.45) is 4.66. The molecule has 0 unspecified atom stereocenters. The van der Waals surface area contributed by atoms with E-state index in [2.05, 4.69) is 12.2 Å². The zero-order valence-corrected chi connectivity index (χ0v) is 12.3. The minimum Gasteiger partial charge on any atom is -0.483 e. The fourth-order valence-corrected chi connectivity index (χ4v) is 2.00. The molecule has 0 saturated heterocycles. The van der Waals surface area contributed by atoms with Gasteiger partial charge < -0.3 is 10.1 Å². The van der Waals surface area contributed by atoms with E-state index in [1.54, 1.807) is 0 Å². The summed E-state index contributed by atoms with van der Waals surface area (Å²) in [6, 6.07) is 5.97. The van der Waals surface area contributed by atoms with E-state index in [1.165, 1.54) is 19.3 Å². The van der Waals surface area contributed by atoms with Crippen molar-refractivity contribution in [3.63, 3.8) is 0 Å². The summed E-state index contributed by atoms with van der Waals surface area (Å²) in [4.78, 5) is 11.6. The van der Waals surface area contributed by atoms with Gasteiger partial charge >= 0.3 is 0 Å². The molecule has 1 rings (SSSR count). The van der Waals surface area contributed by atoms with E-state index in [0.29, 0.717) is 0 Å². The Balaban J connectivity index is 2.26. The average Bonchev–Trinajstić information content (AvgIpc) is 2.38. The van der Waals surface area contributed by atoms with Crippen LogP contribution in [0.2, 0.25) is 0 Å². The zero-order valence-electron chi connectivity index (χ0n) is 12.3. The predicted octanol–water partition coefficient (Wildman–Crippen LogP) is 3.38. The zero-order chi connectivity index (χ0) is 14.1. The third kappa shape index (κ3) is 5.77. The second-order valence-corrected chi connectivity index (χ2v) is 4.92. The summed E-state index contributed by atoms with van der Waals surface area (Å²) >= 11 is 0. The lowest BCUT2D eigenvalue weighted by atomic mass is 10.1. The molecule has 0 atom stereocenters. The quantitative estimate of drug-likeness (QED) is 0.730. The average molecular weight is 263 g/mol. The molecule has 3 nitrogen and oxygen atoms in total. The summed E-state index contributed by atoms with van der Waals surface area (Å²) in [6.45, 7) is 7.00. The Morgan fingerprint density at radius 3 is 2.47 bits per heavy atom. The number of unbranched alkanes of at least 4 members (excludes halogenated alkanes) is 3. The lowest BCUT2D eigenvalue weighted by Crippen LogP contribution is -2.29. The van der Waals surface area contributed by atoms with Crippen LogP contribution < -0.4 is 10.1 Å². The molecule has 1 aromatic rings. The first-order valence-corrected chi connectivity index (χ1v) is 7.11. The number of para-hydroxylation sites is 1. The predicted molar refractivity (Wildman–Crippen MR) is 78.6 cm³/mol. The summed E-state index contributed by atoms with van der Waals surface area (Å²) in [7, 11) is 0. The lowest BCUT2D eigenvalue weighted by Gasteiger charge is -2.11. The van der Waals surface area contributed by atoms with Gasteiger partial charge in [-0.15, -0.1) is 0 Å². The molecule has 1 N–H and O–H groups in total. The first-order chi connectivity index (χ1) is 9.15. The largest absolute Gasteiger partial charge is 0.483 e. The van der Waals surface area contributed by atoms with Crippen LogP contribution in [0.3, 0.4) is 0 Å². The van der Waals surface area contributed by atoms with Gasteiger partial charge in [0.25, 0.3) is 5.91 Å². The number of carbonyl (C=O) groups is 1. The minimum absolute atomic E-state index is 0.0425. The van der Waals surface area contributed by atoms with E-state index in [-0.39, 0.29) is 12.5 Å². The molecule has 106 valence electrons. The van der Waals surface area contributed by atoms with Crippen LogP contribution in [0.25, 0.3) is 0 Å². The smallest absolute Gasteiger partial charge is 0.257 e. The monoisotopic (exact) mass is 263 g/mol. The van der Waals surface area contributed by atoms with Crippen molar-refractivity contribution in [1.29, 1.82) is 0 Å². The van der Waals surface area contributed by atoms with Gasteiger partial charge in [-0.25, -0.2) is 0 Å². The minimum atomic E-state index is -0.0425. The van der Waals surface area contributed by atoms with Gasteiger partial charge in [0.2, 0.25) is 0 Å². The number of benzene rings is 1. The third-order valence-corrected chi connectivity index (χ3v) is 3.11. The van der Waals surface area contributed by atoms with Crippen LogP contribution >= 0.6 is 0 Å². The highest BCUT2D eigenvalue weighted by atomic mass is 16.5. The van der Waals surface area contributed by atoms with Gasteiger partial charge in [0, 0.05) is 6.54 Å². The van der Waals surface area contributed by atoms with E-state index in [1.807, 2.05) is 32.0 Å². The molecular formula is C16H25NO2. The van der Waals surface area contributed by atoms with Crippen molar-refractivity contribution in [2.75, 3.05) is 13.2 Å². The van der Waals surface area contributed by atoms with Gasteiger partial charge in [-0.05, 0) is 31.4 Å². The maximum absolute atomic E-state index is 11.6. The van der Waals surface area contributed by atoms with Crippen molar-refractivity contribution >= 4 is 5.91 Å². The molecule has 1 amide bonds. The van der Waals surface area contributed by atoms with E-state index in [9.17, 15) is 4.79 Å². The molecule has 3 heteroatoms. The Labute approximate surface area is 116 Å². The van der Waals surface area contributed by atoms with Crippen molar-refractivity contribution in [1.82, 2.24) is 5.32 Å². The van der Waals surface area contributed by atoms with Crippen LogP contribution in [-0.2, 0) is 4.79 Å². The SMILES string of the molecule is CCCCCCNC(=O)COc1c(C)cccc1C. The molecule has 0 heterocycles. The van der Waals surface area contributed by atoms with E-state index in [0.717, 1.165) is 29.8 Å². The molecule has 0 fully saturated rings. The number of ether oxygens (including phenoxy) is 1. The highest BCUT2D eigenvalue weighted by molar-refractivity contribution is 5.77. The Morgan fingerprint density at radius 1 is 1.16 bits per heavy atom. The number of hydrogen-bond donors (Lipinski definition) is 1. The van der Waals surface area contributed by atoms with Crippen LogP contribution in [0, 0.1) is 13.8 Å². The van der Waals surface area contributed by atoms with Crippen LogP contribution in [0.5, 0.6) is 5.75 Å². The highest BCUT2D eigenvalue weighted by Gasteiger charge is 2.06. The third-order valence-electron chi connectivity index (χ3n) is 3.11. The Morgan fingerprint density at radius 2 is 1.84 bits per heavy atom. The van der Waals surface area contributed by atoms with Gasteiger partial charge in [-0.1, -0.05) is 44.4 Å². The summed E-state index contributed by atoms with van der Waals surface area (Å²) in [5, 5.41) is 2.89. The molecule has 0 aliphatic heterocycles. The second kappa shape index (κ2) is 8.57. The maximum atomic E-state index is 11.6. The fraction of sp³-hybridized carbons (Fsp3) is 0.562. The number of rotatable bonds is 8. The first-order valence-electron chi connectivity index (χ1n) is 7.11. The van der Waals surface area contributed by atoms with Gasteiger partial charge in [-0.2, -0.15) is 0 Å². The molecule has 0 aromatic heterocycles. The molecule has 19 heavy (non-hydrogen) atoms. The Bertz CT molecular complexity index is 381. The summed E-state index contributed by atoms with van der Waals surface area (Å²) in [5.41, 5.74) is 2.13. The van der Waals surface area contributed by atoms with Gasteiger partial charge in [0.1, 0.15) is 5.75 Å². The topological polar surface area (TPSA) is 38.3 Å². The van der Waals surface area contributed by atoms with Crippen molar-refractivity contribution in [3.8, 4) is 5.75 Å². The lowest BCUT2D eigenvalue weighted by molar-refractivity contribution is -0.123. The molecule has 0 spiro atoms. The van der Waals surface area contributed by atoms with E-state index in [4.69, 9.17) is 4.74 Å². The van der Waals surface area contributed by atoms with Crippen molar-refractivity contribution in [2.45, 2.75) is 46.5 Å². The van der Waals surface area contributed by atoms with Crippen molar-refractivity contribution in [2.24, 2.45) is 0 Å². The molecule has 0 bridgehead atoms. The number of carbonyl (C=O) groups excluding carboxylic acids is 1. The molecule has 0 aliphatic carbocycles. The summed E-state index contributed by atoms with van der Waals surface area (Å²) < 4.78 is 5.60. The van der Waals surface area contributed by atoms with Crippen LogP contribution in [-0.4, -0.2) is 19.1 Å². The Kier molecular flexibility index (Phi) is 7.01. The number of nitrogens with one attached hydrogen (secondary N) is 1. The molecule has 1 aromatic carbocycles. The van der Waals surface area contributed by atoms with Crippen LogP contribution in [0.15, 0.2) is 18.2 Å². The summed E-state index contributed by atoms with van der Waals surface area (Å²) in [5.74, 6) is 0.780. The van der Waals surface area contributed by atoms with Crippen molar-refractivity contribution < 1.29 is 9.53 Å². The van der Waals surface area contributed by atoms with Crippen LogP contribution in [0.1, 0.15) is 43.7 Å². The van der Waals surface area contributed by atoms with E-state index < -0.39 is 0 Å². The fourth-order valence-electron chi connectivity index (χ4n) is 2.00. The standard InChI is InChI=1S/C16H25NO2/c1-4-5-6-7-11-17-15(18)12-19-16-13(2)9-8-10-14(16)3/h8-10H,4-7,11-12H2,1-3H3,(H,17,18). The van der Waals surface area contributed by atoms with Crippen LogP contribution in [0.4, 0.5) is 0 Å². The van der Waals surface area contributed by atoms with Gasteiger partial charge in [-0.3, -0.25) is 4.79 Å². The Hall–Kier alpha value is -1.51. The number of hydrogen-bond acceptors (Lipinski definition) is 2. The second-order valence-electron chi connectivity index (χ2n) is 4.92. The van der Waals surface area contributed by atoms with Gasteiger partial charge in [0.05, 0.1) is 0 Å². The van der Waals surface area contributed by atoms with E-state index >= 15 is 0 Å².